The van der Waals surface area contributed by atoms with E-state index < -0.39 is 18.1 Å². The molecule has 0 aliphatic carbocycles. The predicted molar refractivity (Wildman–Crippen MR) is 96.8 cm³/mol. The molecule has 0 radical (unpaired) electrons. The first-order valence-electron chi connectivity index (χ1n) is 8.93. The van der Waals surface area contributed by atoms with E-state index in [1.807, 2.05) is 0 Å². The third kappa shape index (κ3) is 5.69. The highest BCUT2D eigenvalue weighted by Crippen LogP contribution is 2.25. The van der Waals surface area contributed by atoms with E-state index in [2.05, 4.69) is 10.1 Å². The first kappa shape index (κ1) is 20.6. The van der Waals surface area contributed by atoms with Crippen molar-refractivity contribution in [3.8, 4) is 5.75 Å². The minimum absolute atomic E-state index is 0.206. The summed E-state index contributed by atoms with van der Waals surface area (Å²) in [5, 5.41) is 2.65. The monoisotopic (exact) mass is 410 g/mol. The molecule has 2 aromatic rings. The van der Waals surface area contributed by atoms with E-state index in [-0.39, 0.29) is 24.1 Å². The summed E-state index contributed by atoms with van der Waals surface area (Å²) in [6.45, 7) is 0.695. The summed E-state index contributed by atoms with van der Waals surface area (Å²) in [6, 6.07) is 10.0. The van der Waals surface area contributed by atoms with Crippen LogP contribution in [0.2, 0.25) is 0 Å². The van der Waals surface area contributed by atoms with Crippen molar-refractivity contribution in [2.75, 3.05) is 18.4 Å². The molecule has 2 aromatic carbocycles. The minimum Gasteiger partial charge on any atom is -0.406 e. The normalized spacial score (nSPS) is 17.0. The second kappa shape index (κ2) is 8.50. The number of hydrogen-bond donors (Lipinski definition) is 1. The number of carbonyl (C=O) groups is 2. The van der Waals surface area contributed by atoms with Crippen LogP contribution in [0, 0.1) is 11.7 Å². The molecule has 1 heterocycles. The number of anilines is 1. The molecule has 0 spiro atoms. The van der Waals surface area contributed by atoms with Gasteiger partial charge >= 0.3 is 6.36 Å². The molecule has 29 heavy (non-hydrogen) atoms. The molecule has 9 heteroatoms. The fraction of sp³-hybridized carbons (Fsp3) is 0.300. The van der Waals surface area contributed by atoms with E-state index in [1.165, 1.54) is 36.4 Å². The lowest BCUT2D eigenvalue weighted by Gasteiger charge is -2.32. The Kier molecular flexibility index (Phi) is 6.05. The second-order valence-electron chi connectivity index (χ2n) is 6.66. The number of amides is 2. The maximum Gasteiger partial charge on any atom is 0.573 e. The van der Waals surface area contributed by atoms with Crippen LogP contribution in [-0.4, -0.2) is 36.2 Å². The molecular weight excluding hydrogens is 392 g/mol. The molecule has 0 saturated carbocycles. The highest BCUT2D eigenvalue weighted by molar-refractivity contribution is 5.96. The van der Waals surface area contributed by atoms with Crippen LogP contribution in [0.15, 0.2) is 48.5 Å². The number of ether oxygens (including phenoxy) is 1. The molecular formula is C20H18F4N2O3. The number of likely N-dealkylation sites (tertiary alicyclic amines) is 1. The minimum atomic E-state index is -4.78. The number of piperidine rings is 1. The topological polar surface area (TPSA) is 58.6 Å². The van der Waals surface area contributed by atoms with Crippen molar-refractivity contribution in [2.45, 2.75) is 19.2 Å². The van der Waals surface area contributed by atoms with Gasteiger partial charge in [0.25, 0.3) is 5.91 Å². The zero-order valence-electron chi connectivity index (χ0n) is 15.2. The van der Waals surface area contributed by atoms with Crippen LogP contribution in [0.25, 0.3) is 0 Å². The molecule has 1 N–H and O–H groups in total. The smallest absolute Gasteiger partial charge is 0.406 e. The van der Waals surface area contributed by atoms with Crippen molar-refractivity contribution in [1.29, 1.82) is 0 Å². The summed E-state index contributed by atoms with van der Waals surface area (Å²) in [5.74, 6) is -1.89. The lowest BCUT2D eigenvalue weighted by Crippen LogP contribution is -2.43. The van der Waals surface area contributed by atoms with Gasteiger partial charge in [0.05, 0.1) is 5.92 Å². The van der Waals surface area contributed by atoms with Crippen LogP contribution in [0.4, 0.5) is 23.2 Å². The Hall–Kier alpha value is -3.10. The van der Waals surface area contributed by atoms with Gasteiger partial charge in [-0.3, -0.25) is 9.59 Å². The second-order valence-corrected chi connectivity index (χ2v) is 6.66. The van der Waals surface area contributed by atoms with E-state index in [0.29, 0.717) is 30.6 Å². The molecule has 0 bridgehead atoms. The highest BCUT2D eigenvalue weighted by atomic mass is 19.4. The van der Waals surface area contributed by atoms with E-state index in [4.69, 9.17) is 0 Å². The lowest BCUT2D eigenvalue weighted by atomic mass is 9.96. The van der Waals surface area contributed by atoms with Crippen LogP contribution >= 0.6 is 0 Å². The fourth-order valence-corrected chi connectivity index (χ4v) is 3.13. The van der Waals surface area contributed by atoms with E-state index >= 15 is 0 Å². The van der Waals surface area contributed by atoms with E-state index in [1.54, 1.807) is 4.90 Å². The Morgan fingerprint density at radius 1 is 1.03 bits per heavy atom. The largest absolute Gasteiger partial charge is 0.573 e. The van der Waals surface area contributed by atoms with Crippen LogP contribution in [-0.2, 0) is 4.79 Å². The number of halogens is 4. The number of carbonyl (C=O) groups excluding carboxylic acids is 2. The van der Waals surface area contributed by atoms with Gasteiger partial charge in [0.2, 0.25) is 5.91 Å². The maximum atomic E-state index is 13.0. The van der Waals surface area contributed by atoms with Crippen LogP contribution in [0.1, 0.15) is 23.2 Å². The maximum absolute atomic E-state index is 13.0. The quantitative estimate of drug-likeness (QED) is 0.768. The van der Waals surface area contributed by atoms with Gasteiger partial charge < -0.3 is 15.0 Å². The van der Waals surface area contributed by atoms with Gasteiger partial charge in [-0.15, -0.1) is 13.2 Å². The summed E-state index contributed by atoms with van der Waals surface area (Å²) in [6.07, 6.45) is -3.58. The molecule has 3 rings (SSSR count). The zero-order chi connectivity index (χ0) is 21.0. The first-order valence-corrected chi connectivity index (χ1v) is 8.93. The Bertz CT molecular complexity index is 867. The summed E-state index contributed by atoms with van der Waals surface area (Å²) in [4.78, 5) is 26.6. The standard InChI is InChI=1S/C20H18F4N2O3/c21-15-5-3-13(4-6-15)19(28)26-11-1-2-14(12-26)18(27)25-16-7-9-17(10-8-16)29-20(22,23)24/h3-10,14H,1-2,11-12H2,(H,25,27). The van der Waals surface area contributed by atoms with Gasteiger partial charge in [-0.2, -0.15) is 0 Å². The van der Waals surface area contributed by atoms with Gasteiger partial charge in [-0.1, -0.05) is 0 Å². The van der Waals surface area contributed by atoms with Gasteiger partial charge in [0, 0.05) is 24.3 Å². The number of hydrogen-bond acceptors (Lipinski definition) is 3. The zero-order valence-corrected chi connectivity index (χ0v) is 15.2. The van der Waals surface area contributed by atoms with Crippen LogP contribution < -0.4 is 10.1 Å². The number of benzene rings is 2. The van der Waals surface area contributed by atoms with Crippen LogP contribution in [0.5, 0.6) is 5.75 Å². The van der Waals surface area contributed by atoms with Crippen LogP contribution in [0.3, 0.4) is 0 Å². The summed E-state index contributed by atoms with van der Waals surface area (Å²) < 4.78 is 53.4. The lowest BCUT2D eigenvalue weighted by molar-refractivity contribution is -0.274. The van der Waals surface area contributed by atoms with Gasteiger partial charge in [-0.25, -0.2) is 4.39 Å². The Morgan fingerprint density at radius 3 is 2.31 bits per heavy atom. The van der Waals surface area contributed by atoms with Gasteiger partial charge in [-0.05, 0) is 61.4 Å². The highest BCUT2D eigenvalue weighted by Gasteiger charge is 2.31. The van der Waals surface area contributed by atoms with Gasteiger partial charge in [0.15, 0.2) is 0 Å². The summed E-state index contributed by atoms with van der Waals surface area (Å²) in [7, 11) is 0. The molecule has 0 aromatic heterocycles. The molecule has 1 saturated heterocycles. The Balaban J connectivity index is 1.59. The SMILES string of the molecule is O=C(Nc1ccc(OC(F)(F)F)cc1)C1CCCN(C(=O)c2ccc(F)cc2)C1. The number of alkyl halides is 3. The number of rotatable bonds is 4. The molecule has 1 aliphatic rings. The Morgan fingerprint density at radius 2 is 1.69 bits per heavy atom. The van der Waals surface area contributed by atoms with Crippen molar-refractivity contribution in [1.82, 2.24) is 4.90 Å². The molecule has 2 amide bonds. The molecule has 5 nitrogen and oxygen atoms in total. The van der Waals surface area contributed by atoms with Crippen molar-refractivity contribution >= 4 is 17.5 Å². The molecule has 1 fully saturated rings. The fourth-order valence-electron chi connectivity index (χ4n) is 3.13. The first-order chi connectivity index (χ1) is 13.7. The Labute approximate surface area is 164 Å². The average Bonchev–Trinajstić information content (AvgIpc) is 2.68. The molecule has 1 atom stereocenters. The van der Waals surface area contributed by atoms with Crippen molar-refractivity contribution < 1.29 is 31.9 Å². The van der Waals surface area contributed by atoms with E-state index in [9.17, 15) is 27.2 Å². The summed E-state index contributed by atoms with van der Waals surface area (Å²) in [5.41, 5.74) is 0.666. The third-order valence-electron chi connectivity index (χ3n) is 4.53. The predicted octanol–water partition coefficient (Wildman–Crippen LogP) is 4.22. The third-order valence-corrected chi connectivity index (χ3v) is 4.53. The van der Waals surface area contributed by atoms with E-state index in [0.717, 1.165) is 12.1 Å². The molecule has 1 aliphatic heterocycles. The molecule has 1 unspecified atom stereocenters. The van der Waals surface area contributed by atoms with Crippen molar-refractivity contribution in [3.63, 3.8) is 0 Å². The van der Waals surface area contributed by atoms with Gasteiger partial charge in [0.1, 0.15) is 11.6 Å². The average molecular weight is 410 g/mol. The molecule has 154 valence electrons. The van der Waals surface area contributed by atoms with Crippen molar-refractivity contribution in [3.05, 3.63) is 59.9 Å². The number of nitrogens with one attached hydrogen (secondary N) is 1. The van der Waals surface area contributed by atoms with Crippen molar-refractivity contribution in [2.24, 2.45) is 5.92 Å². The number of nitrogens with zero attached hydrogens (tertiary/aromatic N) is 1. The summed E-state index contributed by atoms with van der Waals surface area (Å²) >= 11 is 0.